The Morgan fingerprint density at radius 3 is 2.77 bits per heavy atom. The molecule has 1 fully saturated rings. The van der Waals surface area contributed by atoms with Crippen LogP contribution in [0, 0.1) is 5.82 Å². The van der Waals surface area contributed by atoms with Gasteiger partial charge in [-0.3, -0.25) is 14.7 Å². The van der Waals surface area contributed by atoms with Crippen LogP contribution in [-0.2, 0) is 24.2 Å². The SMILES string of the molecule is CCc1nccn1CC(=O)c1ccc(-c2ccc(N3C[C@H](Cn4ccnn4)OC3=O)cc2F)cn1. The average molecular weight is 475 g/mol. The Hall–Kier alpha value is -4.41. The number of anilines is 1. The lowest BCUT2D eigenvalue weighted by Crippen LogP contribution is -2.26. The molecule has 178 valence electrons. The molecule has 4 heterocycles. The van der Waals surface area contributed by atoms with E-state index in [0.29, 0.717) is 29.1 Å². The number of nitrogens with zero attached hydrogens (tertiary/aromatic N) is 7. The zero-order chi connectivity index (χ0) is 24.4. The standard InChI is InChI=1S/C24H22FN7O3/c1-2-23-26-7-9-30(23)15-22(33)21-6-3-16(12-27-21)19-5-4-17(11-20(19)25)32-14-18(35-24(32)34)13-31-10-8-28-29-31/h3-12,18H,2,13-15H2,1H3/t18-/m0/s1. The van der Waals surface area contributed by atoms with Gasteiger partial charge in [-0.2, -0.15) is 0 Å². The van der Waals surface area contributed by atoms with Crippen molar-refractivity contribution < 1.29 is 18.7 Å². The quantitative estimate of drug-likeness (QED) is 0.360. The summed E-state index contributed by atoms with van der Waals surface area (Å²) in [5.41, 5.74) is 1.52. The molecular weight excluding hydrogens is 453 g/mol. The Bertz CT molecular complexity index is 1350. The number of ketones is 1. The predicted molar refractivity (Wildman–Crippen MR) is 123 cm³/mol. The maximum atomic E-state index is 15.0. The molecule has 0 saturated carbocycles. The normalized spacial score (nSPS) is 15.4. The number of carbonyl (C=O) groups is 2. The van der Waals surface area contributed by atoms with E-state index in [0.717, 1.165) is 12.2 Å². The Balaban J connectivity index is 1.28. The molecule has 1 atom stereocenters. The predicted octanol–water partition coefficient (Wildman–Crippen LogP) is 3.15. The average Bonchev–Trinajstić information content (AvgIpc) is 3.61. The van der Waals surface area contributed by atoms with E-state index in [-0.39, 0.29) is 18.9 Å². The molecule has 0 bridgehead atoms. The van der Waals surface area contributed by atoms with Crippen molar-refractivity contribution in [3.05, 3.63) is 78.7 Å². The number of rotatable bonds is 8. The van der Waals surface area contributed by atoms with Gasteiger partial charge in [-0.05, 0) is 24.3 Å². The van der Waals surface area contributed by atoms with E-state index >= 15 is 4.39 Å². The van der Waals surface area contributed by atoms with Crippen molar-refractivity contribution >= 4 is 17.6 Å². The second-order valence-electron chi connectivity index (χ2n) is 8.09. The number of amides is 1. The minimum Gasteiger partial charge on any atom is -0.442 e. The van der Waals surface area contributed by atoms with Gasteiger partial charge in [-0.25, -0.2) is 18.9 Å². The smallest absolute Gasteiger partial charge is 0.414 e. The number of imidazole rings is 1. The third kappa shape index (κ3) is 4.65. The van der Waals surface area contributed by atoms with Crippen LogP contribution in [0.1, 0.15) is 23.2 Å². The van der Waals surface area contributed by atoms with Gasteiger partial charge in [-0.1, -0.05) is 18.2 Å². The van der Waals surface area contributed by atoms with Gasteiger partial charge in [0, 0.05) is 42.3 Å². The van der Waals surface area contributed by atoms with E-state index in [4.69, 9.17) is 4.74 Å². The van der Waals surface area contributed by atoms with Gasteiger partial charge >= 0.3 is 6.09 Å². The van der Waals surface area contributed by atoms with E-state index in [1.165, 1.54) is 17.2 Å². The molecule has 0 aliphatic carbocycles. The number of ether oxygens (including phenoxy) is 1. The highest BCUT2D eigenvalue weighted by molar-refractivity contribution is 5.94. The number of Topliss-reactive ketones (excluding diaryl/α,β-unsaturated/α-hetero) is 1. The zero-order valence-corrected chi connectivity index (χ0v) is 18.9. The van der Waals surface area contributed by atoms with Crippen LogP contribution in [0.5, 0.6) is 0 Å². The Labute approximate surface area is 200 Å². The summed E-state index contributed by atoms with van der Waals surface area (Å²) >= 11 is 0. The highest BCUT2D eigenvalue weighted by atomic mass is 19.1. The first-order chi connectivity index (χ1) is 17.0. The number of aromatic nitrogens is 6. The Morgan fingerprint density at radius 1 is 1.17 bits per heavy atom. The highest BCUT2D eigenvalue weighted by Crippen LogP contribution is 2.29. The van der Waals surface area contributed by atoms with Crippen molar-refractivity contribution in [3.63, 3.8) is 0 Å². The highest BCUT2D eigenvalue weighted by Gasteiger charge is 2.33. The monoisotopic (exact) mass is 475 g/mol. The molecule has 1 aliphatic heterocycles. The summed E-state index contributed by atoms with van der Waals surface area (Å²) in [4.78, 5) is 34.8. The minimum atomic E-state index is -0.545. The molecule has 0 N–H and O–H groups in total. The summed E-state index contributed by atoms with van der Waals surface area (Å²) in [6, 6.07) is 7.77. The van der Waals surface area contributed by atoms with Crippen LogP contribution in [0.2, 0.25) is 0 Å². The van der Waals surface area contributed by atoms with Gasteiger partial charge in [0.05, 0.1) is 31.5 Å². The van der Waals surface area contributed by atoms with Gasteiger partial charge in [-0.15, -0.1) is 5.10 Å². The van der Waals surface area contributed by atoms with Crippen LogP contribution in [0.15, 0.2) is 61.3 Å². The third-order valence-corrected chi connectivity index (χ3v) is 5.79. The molecule has 5 rings (SSSR count). The zero-order valence-electron chi connectivity index (χ0n) is 18.9. The first kappa shape index (κ1) is 22.4. The van der Waals surface area contributed by atoms with Crippen LogP contribution < -0.4 is 4.90 Å². The van der Waals surface area contributed by atoms with Gasteiger partial charge < -0.3 is 9.30 Å². The second-order valence-corrected chi connectivity index (χ2v) is 8.09. The molecule has 0 radical (unpaired) electrons. The molecule has 1 amide bonds. The Kier molecular flexibility index (Phi) is 6.04. The van der Waals surface area contributed by atoms with E-state index in [9.17, 15) is 9.59 Å². The van der Waals surface area contributed by atoms with Crippen LogP contribution in [0.3, 0.4) is 0 Å². The topological polar surface area (TPSA) is 108 Å². The molecule has 10 nitrogen and oxygen atoms in total. The molecule has 4 aromatic rings. The summed E-state index contributed by atoms with van der Waals surface area (Å²) in [5.74, 6) is 0.152. The number of benzene rings is 1. The van der Waals surface area contributed by atoms with E-state index in [1.807, 2.05) is 6.92 Å². The number of halogens is 1. The summed E-state index contributed by atoms with van der Waals surface area (Å²) < 4.78 is 23.7. The summed E-state index contributed by atoms with van der Waals surface area (Å²) in [7, 11) is 0. The summed E-state index contributed by atoms with van der Waals surface area (Å²) in [6.07, 6.45) is 7.87. The first-order valence-corrected chi connectivity index (χ1v) is 11.1. The molecular formula is C24H22FN7O3. The molecule has 0 spiro atoms. The fraction of sp³-hybridized carbons (Fsp3) is 0.250. The minimum absolute atomic E-state index is 0.141. The van der Waals surface area contributed by atoms with E-state index in [2.05, 4.69) is 20.3 Å². The van der Waals surface area contributed by atoms with E-state index < -0.39 is 18.0 Å². The lowest BCUT2D eigenvalue weighted by molar-refractivity contribution is 0.0966. The van der Waals surface area contributed by atoms with Crippen molar-refractivity contribution in [3.8, 4) is 11.1 Å². The first-order valence-electron chi connectivity index (χ1n) is 11.1. The lowest BCUT2D eigenvalue weighted by atomic mass is 10.1. The summed E-state index contributed by atoms with van der Waals surface area (Å²) in [6.45, 7) is 2.75. The van der Waals surface area contributed by atoms with Gasteiger partial charge in [0.2, 0.25) is 5.78 Å². The van der Waals surface area contributed by atoms with Crippen molar-refractivity contribution in [2.45, 2.75) is 32.5 Å². The number of hydrogen-bond donors (Lipinski definition) is 0. The fourth-order valence-corrected chi connectivity index (χ4v) is 4.02. The summed E-state index contributed by atoms with van der Waals surface area (Å²) in [5, 5.41) is 7.60. The molecule has 1 aromatic carbocycles. The van der Waals surface area contributed by atoms with Gasteiger partial charge in [0.25, 0.3) is 0 Å². The number of cyclic esters (lactones) is 1. The van der Waals surface area contributed by atoms with E-state index in [1.54, 1.807) is 58.3 Å². The number of pyridine rings is 1. The molecule has 3 aromatic heterocycles. The van der Waals surface area contributed by atoms with Crippen LogP contribution in [0.25, 0.3) is 11.1 Å². The molecule has 1 saturated heterocycles. The number of hydrogen-bond acceptors (Lipinski definition) is 7. The fourth-order valence-electron chi connectivity index (χ4n) is 4.02. The van der Waals surface area contributed by atoms with Gasteiger partial charge in [0.1, 0.15) is 23.4 Å². The van der Waals surface area contributed by atoms with Crippen molar-refractivity contribution in [2.24, 2.45) is 0 Å². The number of aryl methyl sites for hydroxylation is 1. The Morgan fingerprint density at radius 2 is 2.06 bits per heavy atom. The molecule has 11 heteroatoms. The van der Waals surface area contributed by atoms with Gasteiger partial charge in [0.15, 0.2) is 0 Å². The van der Waals surface area contributed by atoms with Crippen molar-refractivity contribution in [1.29, 1.82) is 0 Å². The van der Waals surface area contributed by atoms with Crippen molar-refractivity contribution in [2.75, 3.05) is 11.4 Å². The number of carbonyl (C=O) groups excluding carboxylic acids is 2. The molecule has 35 heavy (non-hydrogen) atoms. The van der Waals surface area contributed by atoms with Crippen LogP contribution in [-0.4, -0.2) is 54.1 Å². The van der Waals surface area contributed by atoms with Crippen LogP contribution >= 0.6 is 0 Å². The molecule has 1 aliphatic rings. The van der Waals surface area contributed by atoms with Crippen molar-refractivity contribution in [1.82, 2.24) is 29.5 Å². The largest absolute Gasteiger partial charge is 0.442 e. The maximum absolute atomic E-state index is 15.0. The lowest BCUT2D eigenvalue weighted by Gasteiger charge is -2.14. The second kappa shape index (κ2) is 9.45. The molecule has 0 unspecified atom stereocenters. The van der Waals surface area contributed by atoms with Crippen LogP contribution in [0.4, 0.5) is 14.9 Å². The maximum Gasteiger partial charge on any atom is 0.414 e. The third-order valence-electron chi connectivity index (χ3n) is 5.79.